The molecule has 1 heterocycles. The molecule has 0 spiro atoms. The Labute approximate surface area is 129 Å². The van der Waals surface area contributed by atoms with E-state index in [2.05, 4.69) is 5.10 Å². The van der Waals surface area contributed by atoms with Crippen molar-refractivity contribution in [3.8, 4) is 0 Å². The Balaban J connectivity index is 2.25. The normalized spacial score (nSPS) is 13.9. The first-order valence-electron chi connectivity index (χ1n) is 7.12. The molecule has 0 aliphatic heterocycles. The van der Waals surface area contributed by atoms with Gasteiger partial charge in [-0.15, -0.1) is 0 Å². The van der Waals surface area contributed by atoms with E-state index >= 15 is 0 Å². The van der Waals surface area contributed by atoms with Crippen molar-refractivity contribution in [2.75, 3.05) is 0 Å². The van der Waals surface area contributed by atoms with Gasteiger partial charge < -0.3 is 5.73 Å². The van der Waals surface area contributed by atoms with E-state index < -0.39 is 0 Å². The smallest absolute Gasteiger partial charge is 0.187 e. The zero-order valence-electron chi connectivity index (χ0n) is 12.3. The van der Waals surface area contributed by atoms with Gasteiger partial charge in [0, 0.05) is 18.5 Å². The number of aryl methyl sites for hydroxylation is 1. The van der Waals surface area contributed by atoms with Crippen molar-refractivity contribution < 1.29 is 4.79 Å². The van der Waals surface area contributed by atoms with Crippen LogP contribution in [0.3, 0.4) is 0 Å². The van der Waals surface area contributed by atoms with Crippen LogP contribution in [0.5, 0.6) is 0 Å². The molecule has 2 aromatic rings. The number of carbonyl (C=O) groups is 1. The van der Waals surface area contributed by atoms with Gasteiger partial charge in [-0.05, 0) is 12.0 Å². The van der Waals surface area contributed by atoms with Crippen molar-refractivity contribution in [3.05, 3.63) is 52.8 Å². The van der Waals surface area contributed by atoms with Crippen LogP contribution >= 0.6 is 11.6 Å². The maximum atomic E-state index is 12.7. The average molecular weight is 306 g/mol. The predicted octanol–water partition coefficient (Wildman–Crippen LogP) is 3.47. The van der Waals surface area contributed by atoms with Gasteiger partial charge in [-0.25, -0.2) is 0 Å². The Kier molecular flexibility index (Phi) is 5.15. The van der Waals surface area contributed by atoms with Crippen LogP contribution in [-0.4, -0.2) is 15.6 Å². The van der Waals surface area contributed by atoms with E-state index in [9.17, 15) is 4.79 Å². The van der Waals surface area contributed by atoms with Crippen LogP contribution in [0.2, 0.25) is 5.02 Å². The number of benzene rings is 1. The third-order valence-corrected chi connectivity index (χ3v) is 3.88. The van der Waals surface area contributed by atoms with Crippen LogP contribution in [0.15, 0.2) is 36.5 Å². The highest BCUT2D eigenvalue weighted by atomic mass is 35.5. The lowest BCUT2D eigenvalue weighted by Gasteiger charge is -2.20. The fourth-order valence-corrected chi connectivity index (χ4v) is 2.57. The van der Waals surface area contributed by atoms with Crippen molar-refractivity contribution in [2.45, 2.75) is 32.9 Å². The molecule has 0 fully saturated rings. The number of ketones is 1. The minimum absolute atomic E-state index is 0.0673. The molecular formula is C16H20ClN3O. The summed E-state index contributed by atoms with van der Waals surface area (Å²) in [6, 6.07) is 9.26. The fraction of sp³-hybridized carbons (Fsp3) is 0.375. The summed E-state index contributed by atoms with van der Waals surface area (Å²) in [6.07, 6.45) is 2.41. The Hall–Kier alpha value is -1.65. The van der Waals surface area contributed by atoms with E-state index in [1.54, 1.807) is 4.68 Å². The number of nitrogens with two attached hydrogens (primary N) is 1. The van der Waals surface area contributed by atoms with Gasteiger partial charge >= 0.3 is 0 Å². The lowest BCUT2D eigenvalue weighted by Crippen LogP contribution is -2.28. The largest absolute Gasteiger partial charge is 0.323 e. The van der Waals surface area contributed by atoms with Crippen LogP contribution in [-0.2, 0) is 6.54 Å². The van der Waals surface area contributed by atoms with Gasteiger partial charge in [-0.2, -0.15) is 5.10 Å². The molecule has 5 heteroatoms. The summed E-state index contributed by atoms with van der Waals surface area (Å²) in [4.78, 5) is 12.7. The van der Waals surface area contributed by atoms with E-state index in [-0.39, 0.29) is 17.7 Å². The topological polar surface area (TPSA) is 60.9 Å². The molecule has 2 rings (SSSR count). The summed E-state index contributed by atoms with van der Waals surface area (Å²) in [5, 5.41) is 4.55. The summed E-state index contributed by atoms with van der Waals surface area (Å²) in [6.45, 7) is 4.53. The second kappa shape index (κ2) is 6.87. The van der Waals surface area contributed by atoms with Crippen LogP contribution in [0.1, 0.15) is 42.4 Å². The number of aromatic nitrogens is 2. The molecule has 21 heavy (non-hydrogen) atoms. The first-order chi connectivity index (χ1) is 10.1. The van der Waals surface area contributed by atoms with Gasteiger partial charge in [0.25, 0.3) is 0 Å². The molecular weight excluding hydrogens is 286 g/mol. The Bertz CT molecular complexity index is 609. The van der Waals surface area contributed by atoms with E-state index in [1.165, 1.54) is 6.20 Å². The molecule has 1 aromatic heterocycles. The van der Waals surface area contributed by atoms with Gasteiger partial charge in [-0.3, -0.25) is 9.48 Å². The van der Waals surface area contributed by atoms with Gasteiger partial charge in [0.15, 0.2) is 5.78 Å². The Morgan fingerprint density at radius 3 is 2.67 bits per heavy atom. The number of carbonyl (C=O) groups excluding carboxylic acids is 1. The summed E-state index contributed by atoms with van der Waals surface area (Å²) < 4.78 is 1.67. The molecule has 0 saturated heterocycles. The minimum Gasteiger partial charge on any atom is -0.323 e. The van der Waals surface area contributed by atoms with Crippen LogP contribution < -0.4 is 5.73 Å². The van der Waals surface area contributed by atoms with Crippen LogP contribution in [0, 0.1) is 5.92 Å². The highest BCUT2D eigenvalue weighted by Crippen LogP contribution is 2.26. The molecule has 2 unspecified atom stereocenters. The number of rotatable bonds is 6. The molecule has 2 atom stereocenters. The van der Waals surface area contributed by atoms with Gasteiger partial charge in [0.2, 0.25) is 0 Å². The lowest BCUT2D eigenvalue weighted by atomic mass is 9.90. The summed E-state index contributed by atoms with van der Waals surface area (Å²) in [7, 11) is 0. The van der Waals surface area contributed by atoms with Crippen molar-refractivity contribution in [1.29, 1.82) is 0 Å². The number of hydrogen-bond donors (Lipinski definition) is 1. The lowest BCUT2D eigenvalue weighted by molar-refractivity contribution is 0.0901. The molecule has 4 nitrogen and oxygen atoms in total. The fourth-order valence-electron chi connectivity index (χ4n) is 2.33. The molecule has 112 valence electrons. The van der Waals surface area contributed by atoms with E-state index in [0.717, 1.165) is 12.0 Å². The van der Waals surface area contributed by atoms with Crippen molar-refractivity contribution in [3.63, 3.8) is 0 Å². The van der Waals surface area contributed by atoms with Gasteiger partial charge in [0.05, 0.1) is 11.2 Å². The second-order valence-corrected chi connectivity index (χ2v) is 5.56. The molecule has 0 radical (unpaired) electrons. The third-order valence-electron chi connectivity index (χ3n) is 3.60. The van der Waals surface area contributed by atoms with Crippen LogP contribution in [0.25, 0.3) is 0 Å². The van der Waals surface area contributed by atoms with Crippen molar-refractivity contribution in [1.82, 2.24) is 9.78 Å². The van der Waals surface area contributed by atoms with Gasteiger partial charge in [0.1, 0.15) is 5.69 Å². The number of hydrogen-bond acceptors (Lipinski definition) is 3. The first kappa shape index (κ1) is 15.7. The summed E-state index contributed by atoms with van der Waals surface area (Å²) >= 11 is 6.13. The maximum Gasteiger partial charge on any atom is 0.187 e. The average Bonchev–Trinajstić information content (AvgIpc) is 2.87. The number of Topliss-reactive ketones (excluding diaryl/α,β-unsaturated/α-hetero) is 1. The Morgan fingerprint density at radius 1 is 1.38 bits per heavy atom. The summed E-state index contributed by atoms with van der Waals surface area (Å²) in [5.74, 6) is -0.431. The molecule has 0 bridgehead atoms. The minimum atomic E-state index is -0.364. The SMILES string of the molecule is CCCn1ncc(Cl)c1C(=O)C(C)C(N)c1ccccc1. The molecule has 0 saturated carbocycles. The monoisotopic (exact) mass is 305 g/mol. The zero-order chi connectivity index (χ0) is 15.4. The number of halogens is 1. The van der Waals surface area contributed by atoms with E-state index in [4.69, 9.17) is 17.3 Å². The molecule has 0 aliphatic rings. The van der Waals surface area contributed by atoms with Crippen molar-refractivity contribution >= 4 is 17.4 Å². The standard InChI is InChI=1S/C16H20ClN3O/c1-3-9-20-15(13(17)10-19-20)16(21)11(2)14(18)12-7-5-4-6-8-12/h4-8,10-11,14H,3,9,18H2,1-2H3. The Morgan fingerprint density at radius 2 is 2.05 bits per heavy atom. The third kappa shape index (κ3) is 3.34. The number of nitrogens with zero attached hydrogens (tertiary/aromatic N) is 2. The second-order valence-electron chi connectivity index (χ2n) is 5.15. The molecule has 2 N–H and O–H groups in total. The van der Waals surface area contributed by atoms with Gasteiger partial charge in [-0.1, -0.05) is 55.8 Å². The van der Waals surface area contributed by atoms with E-state index in [0.29, 0.717) is 17.3 Å². The first-order valence-corrected chi connectivity index (χ1v) is 7.50. The molecule has 0 amide bonds. The van der Waals surface area contributed by atoms with E-state index in [1.807, 2.05) is 44.2 Å². The predicted molar refractivity (Wildman–Crippen MR) is 84.4 cm³/mol. The zero-order valence-corrected chi connectivity index (χ0v) is 13.0. The summed E-state index contributed by atoms with van der Waals surface area (Å²) in [5.41, 5.74) is 7.62. The van der Waals surface area contributed by atoms with Crippen molar-refractivity contribution in [2.24, 2.45) is 11.7 Å². The van der Waals surface area contributed by atoms with Crippen LogP contribution in [0.4, 0.5) is 0 Å². The quantitative estimate of drug-likeness (QED) is 0.831. The maximum absolute atomic E-state index is 12.7. The molecule has 0 aliphatic carbocycles. The highest BCUT2D eigenvalue weighted by Gasteiger charge is 2.27. The highest BCUT2D eigenvalue weighted by molar-refractivity contribution is 6.33. The molecule has 1 aromatic carbocycles.